The number of hydrogen-bond acceptors (Lipinski definition) is 3. The number of rotatable bonds is 2. The zero-order valence-electron chi connectivity index (χ0n) is 20.5. The van der Waals surface area contributed by atoms with Gasteiger partial charge in [-0.05, 0) is 36.4 Å². The lowest BCUT2D eigenvalue weighted by atomic mass is 9.95. The lowest BCUT2D eigenvalue weighted by Crippen LogP contribution is -2.16. The van der Waals surface area contributed by atoms with Gasteiger partial charge in [-0.25, -0.2) is 4.98 Å². The summed E-state index contributed by atoms with van der Waals surface area (Å²) in [6.45, 7) is 6.41. The monoisotopic (exact) mass is 467 g/mol. The zero-order valence-corrected chi connectivity index (χ0v) is 20.5. The smallest absolute Gasteiger partial charge is 0.231 e. The summed E-state index contributed by atoms with van der Waals surface area (Å²) < 4.78 is 8.55. The minimum atomic E-state index is -0.213. The van der Waals surface area contributed by atoms with Gasteiger partial charge >= 0.3 is 0 Å². The highest BCUT2D eigenvalue weighted by Crippen LogP contribution is 2.39. The van der Waals surface area contributed by atoms with Crippen LogP contribution in [-0.2, 0) is 5.41 Å². The van der Waals surface area contributed by atoms with Crippen molar-refractivity contribution in [1.29, 1.82) is 0 Å². The van der Waals surface area contributed by atoms with Crippen LogP contribution in [0.4, 0.5) is 0 Å². The molecule has 36 heavy (non-hydrogen) atoms. The van der Waals surface area contributed by atoms with Gasteiger partial charge < -0.3 is 8.98 Å². The Labute approximate surface area is 208 Å². The highest BCUT2D eigenvalue weighted by atomic mass is 16.3. The molecule has 0 bridgehead atoms. The third-order valence-corrected chi connectivity index (χ3v) is 6.87. The van der Waals surface area contributed by atoms with Crippen LogP contribution in [0.2, 0.25) is 0 Å². The van der Waals surface area contributed by atoms with Crippen molar-refractivity contribution in [2.45, 2.75) is 26.2 Å². The predicted octanol–water partition coefficient (Wildman–Crippen LogP) is 8.44. The molecule has 7 rings (SSSR count). The molecular weight excluding hydrogens is 442 g/mol. The number of fused-ring (bicyclic) bond motifs is 6. The number of aromatic nitrogens is 3. The van der Waals surface area contributed by atoms with Crippen molar-refractivity contribution < 1.29 is 4.42 Å². The first-order chi connectivity index (χ1) is 17.5. The van der Waals surface area contributed by atoms with E-state index in [1.807, 2.05) is 18.2 Å². The van der Waals surface area contributed by atoms with E-state index in [2.05, 4.69) is 104 Å². The molecule has 0 atom stereocenters. The van der Waals surface area contributed by atoms with E-state index < -0.39 is 0 Å². The van der Waals surface area contributed by atoms with Gasteiger partial charge in [0, 0.05) is 32.8 Å². The Morgan fingerprint density at radius 2 is 1.36 bits per heavy atom. The van der Waals surface area contributed by atoms with E-state index in [1.165, 1.54) is 21.8 Å². The summed E-state index contributed by atoms with van der Waals surface area (Å²) in [7, 11) is 0. The highest BCUT2D eigenvalue weighted by Gasteiger charge is 2.24. The van der Waals surface area contributed by atoms with Gasteiger partial charge in [0.05, 0.1) is 22.1 Å². The van der Waals surface area contributed by atoms with E-state index in [0.29, 0.717) is 5.71 Å². The molecule has 0 amide bonds. The standard InChI is InChI=1S/C32H25N3O/c1-32(2,3)31-33-29(28-23-14-8-10-16-27(23)36-30(28)34-31)20-17-18-26-24(19-20)22-13-7-9-15-25(22)35(26)21-11-5-4-6-12-21/h4-19H,1-3H3. The van der Waals surface area contributed by atoms with Gasteiger partial charge in [0.2, 0.25) is 5.71 Å². The molecule has 0 aliphatic carbocycles. The molecule has 0 N–H and O–H groups in total. The first-order valence-electron chi connectivity index (χ1n) is 12.3. The topological polar surface area (TPSA) is 43.9 Å². The molecule has 0 saturated heterocycles. The molecule has 0 unspecified atom stereocenters. The van der Waals surface area contributed by atoms with Crippen LogP contribution in [0.3, 0.4) is 0 Å². The number of hydrogen-bond donors (Lipinski definition) is 0. The van der Waals surface area contributed by atoms with Crippen molar-refractivity contribution in [3.8, 4) is 16.9 Å². The molecule has 7 aromatic rings. The first-order valence-corrected chi connectivity index (χ1v) is 12.3. The van der Waals surface area contributed by atoms with E-state index in [-0.39, 0.29) is 5.41 Å². The van der Waals surface area contributed by atoms with Crippen molar-refractivity contribution in [2.24, 2.45) is 0 Å². The van der Waals surface area contributed by atoms with Crippen LogP contribution in [0.5, 0.6) is 0 Å². The van der Waals surface area contributed by atoms with Crippen LogP contribution < -0.4 is 0 Å². The van der Waals surface area contributed by atoms with Crippen molar-refractivity contribution in [2.75, 3.05) is 0 Å². The fourth-order valence-corrected chi connectivity index (χ4v) is 5.14. The van der Waals surface area contributed by atoms with E-state index in [0.717, 1.165) is 39.1 Å². The minimum absolute atomic E-state index is 0.213. The fraction of sp³-hybridized carbons (Fsp3) is 0.125. The molecule has 0 aliphatic heterocycles. The highest BCUT2D eigenvalue weighted by molar-refractivity contribution is 6.13. The molecule has 0 radical (unpaired) electrons. The lowest BCUT2D eigenvalue weighted by Gasteiger charge is -2.17. The lowest BCUT2D eigenvalue weighted by molar-refractivity contribution is 0.540. The molecule has 4 nitrogen and oxygen atoms in total. The zero-order chi connectivity index (χ0) is 24.4. The molecule has 0 fully saturated rings. The Hall–Kier alpha value is -4.44. The molecule has 0 spiro atoms. The van der Waals surface area contributed by atoms with E-state index >= 15 is 0 Å². The maximum absolute atomic E-state index is 6.21. The summed E-state index contributed by atoms with van der Waals surface area (Å²) in [6, 6.07) is 33.9. The van der Waals surface area contributed by atoms with Gasteiger partial charge in [-0.2, -0.15) is 4.98 Å². The van der Waals surface area contributed by atoms with Gasteiger partial charge in [-0.15, -0.1) is 0 Å². The SMILES string of the molecule is CC(C)(C)c1nc(-c2ccc3c(c2)c2ccccc2n3-c2ccccc2)c2c(n1)oc1ccccc12. The molecule has 0 aliphatic rings. The van der Waals surface area contributed by atoms with Crippen LogP contribution in [-0.4, -0.2) is 14.5 Å². The van der Waals surface area contributed by atoms with Gasteiger partial charge in [-0.1, -0.05) is 81.4 Å². The van der Waals surface area contributed by atoms with Crippen LogP contribution in [0.1, 0.15) is 26.6 Å². The summed E-state index contributed by atoms with van der Waals surface area (Å²) in [5, 5.41) is 4.42. The number of furan rings is 1. The molecule has 4 heteroatoms. The number of nitrogens with zero attached hydrogens (tertiary/aromatic N) is 3. The molecular formula is C32H25N3O. The molecule has 4 aromatic carbocycles. The molecule has 3 aromatic heterocycles. The van der Waals surface area contributed by atoms with Crippen LogP contribution in [0.15, 0.2) is 101 Å². The third kappa shape index (κ3) is 3.07. The van der Waals surface area contributed by atoms with Gasteiger partial charge in [0.1, 0.15) is 11.4 Å². The average molecular weight is 468 g/mol. The van der Waals surface area contributed by atoms with E-state index in [4.69, 9.17) is 14.4 Å². The summed E-state index contributed by atoms with van der Waals surface area (Å²) >= 11 is 0. The first kappa shape index (κ1) is 20.9. The third-order valence-electron chi connectivity index (χ3n) is 6.87. The normalized spacial score (nSPS) is 12.3. The van der Waals surface area contributed by atoms with Gasteiger partial charge in [0.15, 0.2) is 0 Å². The Balaban J connectivity index is 1.57. The average Bonchev–Trinajstić information content (AvgIpc) is 3.43. The molecule has 174 valence electrons. The van der Waals surface area contributed by atoms with E-state index in [9.17, 15) is 0 Å². The number of benzene rings is 4. The second kappa shape index (κ2) is 7.53. The summed E-state index contributed by atoms with van der Waals surface area (Å²) in [5.74, 6) is 0.774. The van der Waals surface area contributed by atoms with E-state index in [1.54, 1.807) is 0 Å². The Kier molecular flexibility index (Phi) is 4.37. The largest absolute Gasteiger partial charge is 0.438 e. The Bertz CT molecular complexity index is 1920. The summed E-state index contributed by atoms with van der Waals surface area (Å²) in [5.41, 5.74) is 6.73. The maximum atomic E-state index is 6.21. The van der Waals surface area contributed by atoms with Crippen molar-refractivity contribution in [1.82, 2.24) is 14.5 Å². The summed E-state index contributed by atoms with van der Waals surface area (Å²) in [6.07, 6.45) is 0. The predicted molar refractivity (Wildman–Crippen MR) is 148 cm³/mol. The second-order valence-corrected chi connectivity index (χ2v) is 10.3. The maximum Gasteiger partial charge on any atom is 0.231 e. The van der Waals surface area contributed by atoms with Crippen LogP contribution in [0.25, 0.3) is 60.8 Å². The summed E-state index contributed by atoms with van der Waals surface area (Å²) in [4.78, 5) is 9.98. The van der Waals surface area contributed by atoms with Crippen molar-refractivity contribution in [3.05, 3.63) is 103 Å². The molecule has 0 saturated carbocycles. The Morgan fingerprint density at radius 1 is 0.667 bits per heavy atom. The van der Waals surface area contributed by atoms with Crippen LogP contribution in [0, 0.1) is 0 Å². The quantitative estimate of drug-likeness (QED) is 0.256. The fourth-order valence-electron chi connectivity index (χ4n) is 5.14. The van der Waals surface area contributed by atoms with Crippen LogP contribution >= 0.6 is 0 Å². The van der Waals surface area contributed by atoms with Gasteiger partial charge in [-0.3, -0.25) is 0 Å². The van der Waals surface area contributed by atoms with Crippen molar-refractivity contribution in [3.63, 3.8) is 0 Å². The Morgan fingerprint density at radius 3 is 2.17 bits per heavy atom. The minimum Gasteiger partial charge on any atom is -0.438 e. The van der Waals surface area contributed by atoms with Gasteiger partial charge in [0.25, 0.3) is 0 Å². The van der Waals surface area contributed by atoms with Crippen molar-refractivity contribution >= 4 is 43.9 Å². The number of para-hydroxylation sites is 3. The second-order valence-electron chi connectivity index (χ2n) is 10.3. The molecule has 3 heterocycles.